The largest absolute Gasteiger partial charge is 0.494 e. The normalized spacial score (nSPS) is 11.4. The van der Waals surface area contributed by atoms with Crippen molar-refractivity contribution in [1.82, 2.24) is 19.4 Å². The Morgan fingerprint density at radius 2 is 1.88 bits per heavy atom. The van der Waals surface area contributed by atoms with Gasteiger partial charge in [-0.15, -0.1) is 11.3 Å². The van der Waals surface area contributed by atoms with Gasteiger partial charge in [0.05, 0.1) is 22.1 Å². The second kappa shape index (κ2) is 7.25. The quantitative estimate of drug-likeness (QED) is 0.300. The highest BCUT2D eigenvalue weighted by Crippen LogP contribution is 2.32. The number of rotatable bonds is 4. The highest BCUT2D eigenvalue weighted by molar-refractivity contribution is 7.09. The van der Waals surface area contributed by atoms with Gasteiger partial charge in [0.1, 0.15) is 0 Å². The highest BCUT2D eigenvalue weighted by atomic mass is 32.1. The van der Waals surface area contributed by atoms with Crippen LogP contribution in [0.3, 0.4) is 0 Å². The number of thiazole rings is 1. The molecule has 0 unspecified atom stereocenters. The molecule has 156 valence electrons. The molecule has 0 radical (unpaired) electrons. The maximum Gasteiger partial charge on any atom is 0.196 e. The number of nitrogens with one attached hydrogen (secondary N) is 2. The second-order valence-electron chi connectivity index (χ2n) is 7.65. The molecule has 0 aliphatic rings. The lowest BCUT2D eigenvalue weighted by atomic mass is 10.1. The van der Waals surface area contributed by atoms with E-state index in [0.717, 1.165) is 55.3 Å². The number of hydrogen-bond acceptors (Lipinski definition) is 5. The number of H-pyrrole nitrogens is 1. The van der Waals surface area contributed by atoms with Crippen LogP contribution in [0.25, 0.3) is 38.9 Å². The zero-order valence-electron chi connectivity index (χ0n) is 17.2. The van der Waals surface area contributed by atoms with Crippen LogP contribution in [0.15, 0.2) is 78.6 Å². The Balaban J connectivity index is 1.34. The number of hydrogen-bond donors (Lipinski definition) is 3. The molecular formula is C25H19N5OS. The molecule has 0 aliphatic carbocycles. The van der Waals surface area contributed by atoms with Crippen molar-refractivity contribution in [3.63, 3.8) is 0 Å². The summed E-state index contributed by atoms with van der Waals surface area (Å²) >= 11 is 1.66. The van der Waals surface area contributed by atoms with E-state index in [1.54, 1.807) is 17.5 Å². The van der Waals surface area contributed by atoms with Gasteiger partial charge in [-0.05, 0) is 48.9 Å². The van der Waals surface area contributed by atoms with Crippen molar-refractivity contribution in [2.24, 2.45) is 0 Å². The molecule has 4 heterocycles. The summed E-state index contributed by atoms with van der Waals surface area (Å²) in [6, 6.07) is 18.4. The predicted octanol–water partition coefficient (Wildman–Crippen LogP) is 6.36. The Kier molecular flexibility index (Phi) is 4.22. The minimum atomic E-state index is 0.190. The minimum Gasteiger partial charge on any atom is -0.494 e. The van der Waals surface area contributed by atoms with Crippen molar-refractivity contribution in [2.45, 2.75) is 6.92 Å². The summed E-state index contributed by atoms with van der Waals surface area (Å²) in [5.74, 6) is 0.190. The molecule has 0 aliphatic heterocycles. The minimum absolute atomic E-state index is 0.190. The molecule has 4 aromatic heterocycles. The first-order chi connectivity index (χ1) is 15.7. The van der Waals surface area contributed by atoms with Crippen molar-refractivity contribution in [3.05, 3.63) is 83.6 Å². The molecule has 0 saturated heterocycles. The number of aryl methyl sites for hydroxylation is 1. The molecule has 0 saturated carbocycles. The molecule has 6 rings (SSSR count). The number of aromatic amines is 1. The lowest BCUT2D eigenvalue weighted by Gasteiger charge is -2.12. The maximum atomic E-state index is 9.89. The van der Waals surface area contributed by atoms with Crippen LogP contribution < -0.4 is 5.32 Å². The molecule has 0 bridgehead atoms. The third kappa shape index (κ3) is 3.11. The smallest absolute Gasteiger partial charge is 0.196 e. The van der Waals surface area contributed by atoms with Gasteiger partial charge in [0, 0.05) is 46.0 Å². The predicted molar refractivity (Wildman–Crippen MR) is 130 cm³/mol. The van der Waals surface area contributed by atoms with E-state index >= 15 is 0 Å². The third-order valence-corrected chi connectivity index (χ3v) is 6.37. The zero-order valence-corrected chi connectivity index (χ0v) is 18.0. The van der Waals surface area contributed by atoms with Crippen LogP contribution in [0.2, 0.25) is 0 Å². The number of imidazole rings is 1. The number of nitrogens with zero attached hydrogens (tertiary/aromatic N) is 3. The second-order valence-corrected chi connectivity index (χ2v) is 8.71. The fourth-order valence-corrected chi connectivity index (χ4v) is 4.63. The standard InChI is InChI=1S/C25H19N5OS/c1-15-28-22(14-32-15)16-2-5-19(6-3-16)29-21-8-9-23(30-11-10-26-24(21)30)17-4-7-20-18(12-17)13-27-25(20)31/h2-14,27,29,31H,1H3. The average molecular weight is 438 g/mol. The van der Waals surface area contributed by atoms with E-state index in [-0.39, 0.29) is 5.88 Å². The van der Waals surface area contributed by atoms with Crippen LogP contribution in [0.1, 0.15) is 5.01 Å². The highest BCUT2D eigenvalue weighted by Gasteiger charge is 2.11. The van der Waals surface area contributed by atoms with Gasteiger partial charge in [0.25, 0.3) is 0 Å². The summed E-state index contributed by atoms with van der Waals surface area (Å²) in [7, 11) is 0. The summed E-state index contributed by atoms with van der Waals surface area (Å²) in [5.41, 5.74) is 6.95. The SMILES string of the molecule is Cc1nc(-c2ccc(Nc3ccc(-c4ccc5c(O)[nH]cc5c4)n4ccnc34)cc2)cs1. The van der Waals surface area contributed by atoms with Gasteiger partial charge >= 0.3 is 0 Å². The van der Waals surface area contributed by atoms with Crippen LogP contribution >= 0.6 is 11.3 Å². The molecular weight excluding hydrogens is 418 g/mol. The van der Waals surface area contributed by atoms with Crippen molar-refractivity contribution in [3.8, 4) is 28.4 Å². The van der Waals surface area contributed by atoms with E-state index < -0.39 is 0 Å². The van der Waals surface area contributed by atoms with Crippen LogP contribution in [0.5, 0.6) is 5.88 Å². The first-order valence-electron chi connectivity index (χ1n) is 10.2. The van der Waals surface area contributed by atoms with Crippen LogP contribution in [-0.2, 0) is 0 Å². The summed E-state index contributed by atoms with van der Waals surface area (Å²) in [6.45, 7) is 2.02. The van der Waals surface area contributed by atoms with Crippen molar-refractivity contribution >= 4 is 39.1 Å². The third-order valence-electron chi connectivity index (χ3n) is 5.59. The van der Waals surface area contributed by atoms with E-state index in [1.165, 1.54) is 0 Å². The molecule has 32 heavy (non-hydrogen) atoms. The van der Waals surface area contributed by atoms with Crippen LogP contribution in [0.4, 0.5) is 11.4 Å². The van der Waals surface area contributed by atoms with E-state index in [0.29, 0.717) is 0 Å². The Morgan fingerprint density at radius 1 is 1.03 bits per heavy atom. The Bertz CT molecular complexity index is 1580. The molecule has 3 N–H and O–H groups in total. The molecule has 7 heteroatoms. The summed E-state index contributed by atoms with van der Waals surface area (Å²) < 4.78 is 2.07. The molecule has 0 amide bonds. The average Bonchev–Trinajstić information content (AvgIpc) is 3.55. The van der Waals surface area contributed by atoms with E-state index in [1.807, 2.05) is 37.5 Å². The van der Waals surface area contributed by atoms with Gasteiger partial charge < -0.3 is 15.4 Å². The maximum absolute atomic E-state index is 9.89. The Hall–Kier alpha value is -4.10. The lowest BCUT2D eigenvalue weighted by molar-refractivity contribution is 0.462. The summed E-state index contributed by atoms with van der Waals surface area (Å²) in [6.07, 6.45) is 5.58. The molecule has 6 aromatic rings. The molecule has 2 aromatic carbocycles. The van der Waals surface area contributed by atoms with Gasteiger partial charge in [-0.25, -0.2) is 9.97 Å². The van der Waals surface area contributed by atoms with Gasteiger partial charge in [-0.3, -0.25) is 4.40 Å². The number of benzene rings is 2. The zero-order chi connectivity index (χ0) is 21.7. The molecule has 0 atom stereocenters. The fourth-order valence-electron chi connectivity index (χ4n) is 4.00. The Morgan fingerprint density at radius 3 is 2.69 bits per heavy atom. The van der Waals surface area contributed by atoms with Crippen molar-refractivity contribution < 1.29 is 5.11 Å². The van der Waals surface area contributed by atoms with E-state index in [4.69, 9.17) is 0 Å². The van der Waals surface area contributed by atoms with Gasteiger partial charge in [0.15, 0.2) is 11.5 Å². The molecule has 6 nitrogen and oxygen atoms in total. The van der Waals surface area contributed by atoms with Gasteiger partial charge in [-0.2, -0.15) is 0 Å². The fraction of sp³-hybridized carbons (Fsp3) is 0.0400. The lowest BCUT2D eigenvalue weighted by Crippen LogP contribution is -1.97. The summed E-state index contributed by atoms with van der Waals surface area (Å²) in [4.78, 5) is 12.0. The number of fused-ring (bicyclic) bond motifs is 2. The van der Waals surface area contributed by atoms with Gasteiger partial charge in [0.2, 0.25) is 0 Å². The molecule has 0 fully saturated rings. The van der Waals surface area contributed by atoms with Crippen LogP contribution in [-0.4, -0.2) is 24.5 Å². The van der Waals surface area contributed by atoms with Gasteiger partial charge in [-0.1, -0.05) is 18.2 Å². The number of anilines is 2. The number of pyridine rings is 1. The monoisotopic (exact) mass is 437 g/mol. The first-order valence-corrected chi connectivity index (χ1v) is 11.1. The molecule has 0 spiro atoms. The van der Waals surface area contributed by atoms with Crippen molar-refractivity contribution in [2.75, 3.05) is 5.32 Å². The Labute approximate surface area is 187 Å². The first kappa shape index (κ1) is 18.7. The summed E-state index contributed by atoms with van der Waals surface area (Å²) in [5, 5.41) is 18.3. The van der Waals surface area contributed by atoms with E-state index in [9.17, 15) is 5.11 Å². The van der Waals surface area contributed by atoms with E-state index in [2.05, 4.69) is 66.4 Å². The number of aromatic nitrogens is 4. The van der Waals surface area contributed by atoms with Crippen LogP contribution in [0, 0.1) is 6.92 Å². The van der Waals surface area contributed by atoms with Crippen molar-refractivity contribution in [1.29, 1.82) is 0 Å². The number of aromatic hydroxyl groups is 1. The topological polar surface area (TPSA) is 78.2 Å².